The van der Waals surface area contributed by atoms with Crippen molar-refractivity contribution in [2.45, 2.75) is 118 Å². The summed E-state index contributed by atoms with van der Waals surface area (Å²) in [6, 6.07) is 0. The Morgan fingerprint density at radius 3 is 2.58 bits per heavy atom. The van der Waals surface area contributed by atoms with Gasteiger partial charge in [-0.3, -0.25) is 9.59 Å². The van der Waals surface area contributed by atoms with Gasteiger partial charge < -0.3 is 14.8 Å². The van der Waals surface area contributed by atoms with Crippen molar-refractivity contribution in [2.24, 2.45) is 46.3 Å². The lowest BCUT2D eigenvalue weighted by Crippen LogP contribution is -2.51. The summed E-state index contributed by atoms with van der Waals surface area (Å²) in [4.78, 5) is 23.2. The lowest BCUT2D eigenvalue weighted by atomic mass is 9.47. The quantitative estimate of drug-likeness (QED) is 0.229. The molecule has 38 heavy (non-hydrogen) atoms. The molecular formula is C33H55NO4. The minimum Gasteiger partial charge on any atom is -0.468 e. The zero-order valence-corrected chi connectivity index (χ0v) is 25.2. The molecule has 4 aliphatic carbocycles. The van der Waals surface area contributed by atoms with Crippen molar-refractivity contribution in [1.82, 2.24) is 5.32 Å². The first-order valence-corrected chi connectivity index (χ1v) is 15.7. The van der Waals surface area contributed by atoms with E-state index < -0.39 is 5.97 Å². The number of esters is 1. The molecule has 3 saturated carbocycles. The van der Waals surface area contributed by atoms with Gasteiger partial charge in [-0.05, 0) is 97.7 Å². The zero-order valence-electron chi connectivity index (χ0n) is 25.2. The van der Waals surface area contributed by atoms with Gasteiger partial charge in [0.25, 0.3) is 0 Å². The molecule has 1 amide bonds. The maximum absolute atomic E-state index is 12.0. The van der Waals surface area contributed by atoms with Gasteiger partial charge in [-0.2, -0.15) is 0 Å². The van der Waals surface area contributed by atoms with E-state index in [1.54, 1.807) is 5.57 Å². The van der Waals surface area contributed by atoms with Gasteiger partial charge in [-0.25, -0.2) is 0 Å². The molecule has 3 fully saturated rings. The van der Waals surface area contributed by atoms with Crippen molar-refractivity contribution in [3.05, 3.63) is 11.6 Å². The molecule has 0 spiro atoms. The lowest BCUT2D eigenvalue weighted by Gasteiger charge is -2.58. The molecule has 1 N–H and O–H groups in total. The summed E-state index contributed by atoms with van der Waals surface area (Å²) in [5.41, 5.74) is 2.49. The monoisotopic (exact) mass is 529 g/mol. The summed E-state index contributed by atoms with van der Waals surface area (Å²) in [5, 5.41) is 2.59. The summed E-state index contributed by atoms with van der Waals surface area (Å²) in [7, 11) is 1.32. The average Bonchev–Trinajstić information content (AvgIpc) is 3.24. The SMILES string of the molecule is COC(=O)CNC(=O)CCO[C@H]1CC[C@@]2(C)C(=CCC3C2CC[C@@]2(C)C3CC[C@@H]2[C@H](C)CCCC(C)C)C1. The third kappa shape index (κ3) is 6.18. The van der Waals surface area contributed by atoms with Crippen molar-refractivity contribution in [3.63, 3.8) is 0 Å². The molecule has 5 nitrogen and oxygen atoms in total. The van der Waals surface area contributed by atoms with Crippen LogP contribution in [0.1, 0.15) is 112 Å². The highest BCUT2D eigenvalue weighted by Crippen LogP contribution is 2.67. The molecule has 0 aliphatic heterocycles. The molecule has 4 aliphatic rings. The molecular weight excluding hydrogens is 474 g/mol. The number of fused-ring (bicyclic) bond motifs is 5. The minimum absolute atomic E-state index is 0.0790. The van der Waals surface area contributed by atoms with E-state index in [1.165, 1.54) is 64.9 Å². The third-order valence-corrected chi connectivity index (χ3v) is 11.6. The Balaban J connectivity index is 1.32. The largest absolute Gasteiger partial charge is 0.468 e. The molecule has 4 rings (SSSR count). The number of allylic oxidation sites excluding steroid dienone is 1. The van der Waals surface area contributed by atoms with Gasteiger partial charge in [-0.15, -0.1) is 0 Å². The van der Waals surface area contributed by atoms with Gasteiger partial charge in [-0.1, -0.05) is 65.5 Å². The second-order valence-electron chi connectivity index (χ2n) is 14.1. The third-order valence-electron chi connectivity index (χ3n) is 11.6. The molecule has 0 aromatic rings. The van der Waals surface area contributed by atoms with Crippen LogP contribution >= 0.6 is 0 Å². The van der Waals surface area contributed by atoms with E-state index in [4.69, 9.17) is 4.74 Å². The Kier molecular flexibility index (Phi) is 9.69. The fraction of sp³-hybridized carbons (Fsp3) is 0.879. The van der Waals surface area contributed by atoms with Gasteiger partial charge in [0, 0.05) is 6.42 Å². The van der Waals surface area contributed by atoms with E-state index in [0.29, 0.717) is 17.4 Å². The van der Waals surface area contributed by atoms with Crippen molar-refractivity contribution < 1.29 is 19.1 Å². The predicted octanol–water partition coefficient (Wildman–Crippen LogP) is 7.09. The molecule has 0 bridgehead atoms. The minimum atomic E-state index is -0.430. The number of hydrogen-bond acceptors (Lipinski definition) is 4. The smallest absolute Gasteiger partial charge is 0.325 e. The number of carbonyl (C=O) groups excluding carboxylic acids is 2. The summed E-state index contributed by atoms with van der Waals surface area (Å²) >= 11 is 0. The number of nitrogens with one attached hydrogen (secondary N) is 1. The molecule has 0 aromatic heterocycles. The van der Waals surface area contributed by atoms with E-state index in [2.05, 4.69) is 50.7 Å². The lowest BCUT2D eigenvalue weighted by molar-refractivity contribution is -0.141. The molecule has 5 heteroatoms. The summed E-state index contributed by atoms with van der Waals surface area (Å²) in [5.74, 6) is 4.57. The van der Waals surface area contributed by atoms with Gasteiger partial charge in [0.2, 0.25) is 5.91 Å². The molecule has 216 valence electrons. The topological polar surface area (TPSA) is 64.6 Å². The Bertz CT molecular complexity index is 867. The van der Waals surface area contributed by atoms with Crippen LogP contribution in [-0.2, 0) is 19.1 Å². The average molecular weight is 530 g/mol. The highest BCUT2D eigenvalue weighted by atomic mass is 16.5. The Labute approximate surface area is 232 Å². The van der Waals surface area contributed by atoms with Crippen LogP contribution < -0.4 is 5.32 Å². The van der Waals surface area contributed by atoms with Crippen molar-refractivity contribution in [2.75, 3.05) is 20.3 Å². The fourth-order valence-electron chi connectivity index (χ4n) is 9.44. The van der Waals surface area contributed by atoms with Crippen LogP contribution in [0.3, 0.4) is 0 Å². The van der Waals surface area contributed by atoms with Gasteiger partial charge in [0.05, 0.1) is 19.8 Å². The predicted molar refractivity (Wildman–Crippen MR) is 152 cm³/mol. The molecule has 0 heterocycles. The first-order chi connectivity index (χ1) is 18.1. The van der Waals surface area contributed by atoms with Crippen LogP contribution in [0.2, 0.25) is 0 Å². The summed E-state index contributed by atoms with van der Waals surface area (Å²) in [6.45, 7) is 12.9. The van der Waals surface area contributed by atoms with Crippen molar-refractivity contribution >= 4 is 11.9 Å². The van der Waals surface area contributed by atoms with Crippen LogP contribution in [-0.4, -0.2) is 38.2 Å². The van der Waals surface area contributed by atoms with Crippen LogP contribution in [0.15, 0.2) is 11.6 Å². The van der Waals surface area contributed by atoms with Crippen LogP contribution in [0, 0.1) is 46.3 Å². The number of rotatable bonds is 11. The number of amides is 1. The van der Waals surface area contributed by atoms with Crippen LogP contribution in [0.4, 0.5) is 0 Å². The maximum atomic E-state index is 12.0. The van der Waals surface area contributed by atoms with Gasteiger partial charge >= 0.3 is 5.97 Å². The number of hydrogen-bond donors (Lipinski definition) is 1. The molecule has 3 unspecified atom stereocenters. The Morgan fingerprint density at radius 1 is 1.05 bits per heavy atom. The second kappa shape index (κ2) is 12.4. The van der Waals surface area contributed by atoms with Crippen LogP contribution in [0.5, 0.6) is 0 Å². The Morgan fingerprint density at radius 2 is 1.84 bits per heavy atom. The standard InChI is InChI=1S/C33H55NO4/c1-22(2)8-7-9-23(3)27-12-13-28-26-11-10-24-20-25(38-19-16-30(35)34-21-31(36)37-6)14-17-32(24,4)29(26)15-18-33(27,28)5/h10,22-23,25-29H,7-9,11-21H2,1-6H3,(H,34,35)/t23-,25+,26?,27-,28?,29?,32+,33-/m1/s1. The number of methoxy groups -OCH3 is 1. The van der Waals surface area contributed by atoms with Gasteiger partial charge in [0.15, 0.2) is 0 Å². The van der Waals surface area contributed by atoms with E-state index in [9.17, 15) is 9.59 Å². The normalized spacial score (nSPS) is 37.0. The first kappa shape index (κ1) is 29.6. The number of carbonyl (C=O) groups is 2. The molecule has 0 radical (unpaired) electrons. The molecule has 0 aromatic carbocycles. The van der Waals surface area contributed by atoms with E-state index in [0.717, 1.165) is 48.3 Å². The van der Waals surface area contributed by atoms with Crippen molar-refractivity contribution in [1.29, 1.82) is 0 Å². The summed E-state index contributed by atoms with van der Waals surface area (Å²) < 4.78 is 10.7. The van der Waals surface area contributed by atoms with Crippen molar-refractivity contribution in [3.8, 4) is 0 Å². The highest BCUT2D eigenvalue weighted by molar-refractivity contribution is 5.81. The summed E-state index contributed by atoms with van der Waals surface area (Å²) in [6.07, 6.45) is 17.6. The van der Waals surface area contributed by atoms with E-state index in [-0.39, 0.29) is 25.0 Å². The number of ether oxygens (including phenoxy) is 2. The molecule has 8 atom stereocenters. The highest BCUT2D eigenvalue weighted by Gasteiger charge is 2.59. The maximum Gasteiger partial charge on any atom is 0.325 e. The van der Waals surface area contributed by atoms with E-state index in [1.807, 2.05) is 0 Å². The van der Waals surface area contributed by atoms with Gasteiger partial charge in [0.1, 0.15) is 6.54 Å². The first-order valence-electron chi connectivity index (χ1n) is 15.7. The second-order valence-corrected chi connectivity index (χ2v) is 14.1. The zero-order chi connectivity index (χ0) is 27.5. The van der Waals surface area contributed by atoms with E-state index >= 15 is 0 Å². The Hall–Kier alpha value is -1.36. The molecule has 0 saturated heterocycles. The fourth-order valence-corrected chi connectivity index (χ4v) is 9.44. The van der Waals surface area contributed by atoms with Crippen LogP contribution in [0.25, 0.3) is 0 Å².